The first kappa shape index (κ1) is 22.6. The fraction of sp³-hybridized carbons (Fsp3) is 0. The van der Waals surface area contributed by atoms with Crippen LogP contribution in [0.5, 0.6) is 0 Å². The Bertz CT molecular complexity index is 159. The van der Waals surface area contributed by atoms with Gasteiger partial charge in [0.2, 0.25) is 0 Å². The van der Waals surface area contributed by atoms with Crippen molar-refractivity contribution in [3.05, 3.63) is 10.1 Å². The Hall–Kier alpha value is 0.666. The van der Waals surface area contributed by atoms with Crippen molar-refractivity contribution in [2.45, 2.75) is 0 Å². The van der Waals surface area contributed by atoms with Gasteiger partial charge in [0, 0.05) is 0 Å². The van der Waals surface area contributed by atoms with Gasteiger partial charge in [-0.2, -0.15) is 8.42 Å². The molecule has 0 rings (SSSR count). The van der Waals surface area contributed by atoms with E-state index in [4.69, 9.17) is 32.8 Å². The molecule has 0 atom stereocenters. The van der Waals surface area contributed by atoms with Crippen LogP contribution >= 0.6 is 0 Å². The maximum absolute atomic E-state index is 8.74. The normalized spacial score (nSPS) is 7.45. The molecule has 0 saturated carbocycles. The van der Waals surface area contributed by atoms with Gasteiger partial charge in [0.1, 0.15) is 0 Å². The van der Waals surface area contributed by atoms with Gasteiger partial charge in [0.05, 0.1) is 0 Å². The molecule has 0 bridgehead atoms. The van der Waals surface area contributed by atoms with Gasteiger partial charge in [0.25, 0.3) is 5.09 Å². The molecule has 0 aromatic rings. The van der Waals surface area contributed by atoms with E-state index in [0.717, 1.165) is 0 Å². The number of rotatable bonds is 0. The number of nitrogens with zero attached hydrogens (tertiary/aromatic N) is 1. The van der Waals surface area contributed by atoms with Crippen molar-refractivity contribution in [2.24, 2.45) is 0 Å². The van der Waals surface area contributed by atoms with Crippen molar-refractivity contribution in [1.82, 2.24) is 6.15 Å². The third kappa shape index (κ3) is 1800. The van der Waals surface area contributed by atoms with Crippen molar-refractivity contribution in [1.29, 1.82) is 0 Å². The summed E-state index contributed by atoms with van der Waals surface area (Å²) in [6, 6.07) is 0. The molecule has 6 N–H and O–H groups in total. The third-order valence-corrected chi connectivity index (χ3v) is 0. The van der Waals surface area contributed by atoms with Crippen LogP contribution in [-0.2, 0) is 10.4 Å². The zero-order chi connectivity index (χ0) is 8.08. The molecule has 0 aliphatic heterocycles. The van der Waals surface area contributed by atoms with Crippen molar-refractivity contribution >= 4 is 61.8 Å². The van der Waals surface area contributed by atoms with Crippen LogP contribution in [0.25, 0.3) is 0 Å². The molecule has 11 heteroatoms. The fourth-order valence-corrected chi connectivity index (χ4v) is 0. The van der Waals surface area contributed by atoms with Crippen LogP contribution in [0.2, 0.25) is 0 Å². The number of hydrogen-bond donors (Lipinski definition) is 4. The average molecular weight is 218 g/mol. The summed E-state index contributed by atoms with van der Waals surface area (Å²) in [4.78, 5) is 8.36. The molecule has 0 unspecified atom stereocenters. The Labute approximate surface area is 104 Å². The fourth-order valence-electron chi connectivity index (χ4n) is 0. The maximum atomic E-state index is 8.74. The van der Waals surface area contributed by atoms with Crippen LogP contribution in [0.15, 0.2) is 0 Å². The molecule has 0 aliphatic rings. The molecule has 9 nitrogen and oxygen atoms in total. The standard InChI is InChI=1S/K.HNO3.H3N.H2O4S.H/c;2-1(3)4;;1-5(2,3)4;/h;(H,2,3,4);1H3;(H2,1,2,3,4);. The summed E-state index contributed by atoms with van der Waals surface area (Å²) in [5, 5.41) is 13.6. The predicted molar refractivity (Wildman–Crippen MR) is 35.1 cm³/mol. The quantitative estimate of drug-likeness (QED) is 0.165. The molecule has 0 aromatic carbocycles. The van der Waals surface area contributed by atoms with Crippen molar-refractivity contribution in [3.8, 4) is 0 Å². The van der Waals surface area contributed by atoms with E-state index in [0.29, 0.717) is 0 Å². The summed E-state index contributed by atoms with van der Waals surface area (Å²) in [5.74, 6) is 0. The summed E-state index contributed by atoms with van der Waals surface area (Å²) >= 11 is 0. The molecule has 0 spiro atoms. The van der Waals surface area contributed by atoms with E-state index in [1.54, 1.807) is 0 Å². The first-order valence-electron chi connectivity index (χ1n) is 1.26. The van der Waals surface area contributed by atoms with Crippen molar-refractivity contribution in [2.75, 3.05) is 0 Å². The van der Waals surface area contributed by atoms with E-state index >= 15 is 0 Å². The Morgan fingerprint density at radius 3 is 1.27 bits per heavy atom. The summed E-state index contributed by atoms with van der Waals surface area (Å²) in [7, 11) is -4.67. The van der Waals surface area contributed by atoms with Gasteiger partial charge in [0.15, 0.2) is 0 Å². The summed E-state index contributed by atoms with van der Waals surface area (Å²) < 4.78 is 31.6. The molecule has 11 heavy (non-hydrogen) atoms. The second kappa shape index (κ2) is 10.7. The molecular weight excluding hydrogens is 211 g/mol. The van der Waals surface area contributed by atoms with Gasteiger partial charge in [-0.25, -0.2) is 0 Å². The van der Waals surface area contributed by atoms with Crippen LogP contribution < -0.4 is 6.15 Å². The van der Waals surface area contributed by atoms with Gasteiger partial charge in [-0.3, -0.25) is 9.11 Å². The van der Waals surface area contributed by atoms with E-state index in [2.05, 4.69) is 0 Å². The van der Waals surface area contributed by atoms with Crippen LogP contribution in [0, 0.1) is 10.1 Å². The Morgan fingerprint density at radius 1 is 1.27 bits per heavy atom. The summed E-state index contributed by atoms with van der Waals surface area (Å²) in [6.45, 7) is 0. The van der Waals surface area contributed by atoms with Gasteiger partial charge in [-0.05, 0) is 0 Å². The van der Waals surface area contributed by atoms with Crippen LogP contribution in [0.1, 0.15) is 0 Å². The molecule has 0 heterocycles. The molecule has 0 amide bonds. The first-order chi connectivity index (χ1) is 3.73. The SMILES string of the molecule is N.O=S(=O)(O)O.O=[N+]([O-])O.[KH]. The first-order valence-corrected chi connectivity index (χ1v) is 2.66. The van der Waals surface area contributed by atoms with Crippen molar-refractivity contribution < 1.29 is 27.8 Å². The summed E-state index contributed by atoms with van der Waals surface area (Å²) in [5.41, 5.74) is 0. The topological polar surface area (TPSA) is 173 Å². The molecule has 66 valence electrons. The number of hydrogen-bond acceptors (Lipinski definition) is 5. The van der Waals surface area contributed by atoms with Crippen LogP contribution in [-0.4, -0.2) is 79.2 Å². The van der Waals surface area contributed by atoms with E-state index in [1.165, 1.54) is 0 Å². The zero-order valence-electron chi connectivity index (χ0n) is 4.54. The predicted octanol–water partition coefficient (Wildman–Crippen LogP) is -1.49. The average Bonchev–Trinajstić information content (AvgIpc) is 1.19. The summed E-state index contributed by atoms with van der Waals surface area (Å²) in [6.07, 6.45) is 0. The van der Waals surface area contributed by atoms with E-state index < -0.39 is 15.5 Å². The van der Waals surface area contributed by atoms with Crippen LogP contribution in [0.4, 0.5) is 0 Å². The third-order valence-electron chi connectivity index (χ3n) is 0. The molecule has 0 aliphatic carbocycles. The molecular formula is H7KN2O7S. The van der Waals surface area contributed by atoms with Gasteiger partial charge in [-0.15, -0.1) is 10.1 Å². The minimum absolute atomic E-state index is 0. The van der Waals surface area contributed by atoms with Gasteiger partial charge >= 0.3 is 61.8 Å². The molecule has 0 fully saturated rings. The minimum atomic E-state index is -4.67. The molecule has 0 saturated heterocycles. The van der Waals surface area contributed by atoms with Gasteiger partial charge < -0.3 is 11.4 Å². The van der Waals surface area contributed by atoms with E-state index in [1.807, 2.05) is 0 Å². The zero-order valence-corrected chi connectivity index (χ0v) is 5.35. The van der Waals surface area contributed by atoms with E-state index in [-0.39, 0.29) is 57.5 Å². The Morgan fingerprint density at radius 2 is 1.27 bits per heavy atom. The monoisotopic (exact) mass is 218 g/mol. The van der Waals surface area contributed by atoms with E-state index in [9.17, 15) is 0 Å². The van der Waals surface area contributed by atoms with Crippen LogP contribution in [0.3, 0.4) is 0 Å². The second-order valence-corrected chi connectivity index (χ2v) is 1.58. The molecule has 0 aromatic heterocycles. The van der Waals surface area contributed by atoms with Crippen molar-refractivity contribution in [3.63, 3.8) is 0 Å². The Balaban J connectivity index is -0.0000000383. The second-order valence-electron chi connectivity index (χ2n) is 0.686. The van der Waals surface area contributed by atoms with Gasteiger partial charge in [-0.1, -0.05) is 0 Å². The molecule has 0 radical (unpaired) electrons. The Kier molecular flexibility index (Phi) is 21.9.